The summed E-state index contributed by atoms with van der Waals surface area (Å²) >= 11 is 0. The van der Waals surface area contributed by atoms with E-state index in [1.165, 1.54) is 10.6 Å². The van der Waals surface area contributed by atoms with Gasteiger partial charge in [-0.3, -0.25) is 0 Å². The first kappa shape index (κ1) is 8.01. The van der Waals surface area contributed by atoms with E-state index in [4.69, 9.17) is 0 Å². The molecule has 0 radical (unpaired) electrons. The fourth-order valence-corrected chi connectivity index (χ4v) is 2.01. The topological polar surface area (TPSA) is 37.4 Å². The van der Waals surface area contributed by atoms with Crippen molar-refractivity contribution in [3.8, 4) is 0 Å². The van der Waals surface area contributed by atoms with Crippen LogP contribution in [0.2, 0.25) is 0 Å². The van der Waals surface area contributed by atoms with Gasteiger partial charge >= 0.3 is 0 Å². The first-order chi connectivity index (χ1) is 4.54. The van der Waals surface area contributed by atoms with Crippen LogP contribution in [0, 0.1) is 5.92 Å². The van der Waals surface area contributed by atoms with E-state index in [1.807, 2.05) is 0 Å². The normalized spacial score (nSPS) is 22.6. The van der Waals surface area contributed by atoms with Gasteiger partial charge in [0.2, 0.25) is 10.0 Å². The maximum absolute atomic E-state index is 10.8. The summed E-state index contributed by atoms with van der Waals surface area (Å²) in [6, 6.07) is 0. The fraction of sp³-hybridized carbons (Fsp3) is 1.00. The summed E-state index contributed by atoms with van der Waals surface area (Å²) in [5.74, 6) is 0.606. The van der Waals surface area contributed by atoms with E-state index < -0.39 is 10.0 Å². The molecule has 0 saturated carbocycles. The highest BCUT2D eigenvalue weighted by Gasteiger charge is 2.31. The van der Waals surface area contributed by atoms with Crippen LogP contribution in [0.4, 0.5) is 0 Å². The molecule has 1 saturated heterocycles. The van der Waals surface area contributed by atoms with Crippen molar-refractivity contribution in [3.05, 3.63) is 0 Å². The van der Waals surface area contributed by atoms with Crippen LogP contribution in [0.5, 0.6) is 0 Å². The summed E-state index contributed by atoms with van der Waals surface area (Å²) in [6.07, 6.45) is 2.35. The lowest BCUT2D eigenvalue weighted by molar-refractivity contribution is 0.197. The van der Waals surface area contributed by atoms with Crippen LogP contribution in [-0.2, 0) is 10.0 Å². The van der Waals surface area contributed by atoms with E-state index in [2.05, 4.69) is 6.92 Å². The third kappa shape index (κ3) is 1.49. The molecule has 0 aliphatic carbocycles. The average molecular weight is 163 g/mol. The molecule has 1 aliphatic rings. The zero-order chi connectivity index (χ0) is 7.78. The molecule has 1 aliphatic heterocycles. The molecule has 0 atom stereocenters. The second-order valence-corrected chi connectivity index (χ2v) is 4.84. The molecule has 1 fully saturated rings. The molecule has 1 heterocycles. The molecule has 0 N–H and O–H groups in total. The maximum Gasteiger partial charge on any atom is 0.211 e. The largest absolute Gasteiger partial charge is 0.213 e. The van der Waals surface area contributed by atoms with Gasteiger partial charge in [-0.15, -0.1) is 0 Å². The third-order valence-electron chi connectivity index (χ3n) is 1.97. The molecular weight excluding hydrogens is 150 g/mol. The van der Waals surface area contributed by atoms with Gasteiger partial charge in [-0.2, -0.15) is 0 Å². The van der Waals surface area contributed by atoms with Crippen molar-refractivity contribution in [1.29, 1.82) is 0 Å². The molecule has 1 rings (SSSR count). The van der Waals surface area contributed by atoms with Crippen molar-refractivity contribution in [3.63, 3.8) is 0 Å². The van der Waals surface area contributed by atoms with Crippen LogP contribution in [0.25, 0.3) is 0 Å². The molecule has 4 heteroatoms. The molecular formula is C6H13NO2S. The zero-order valence-corrected chi connectivity index (χ0v) is 7.19. The number of hydrogen-bond donors (Lipinski definition) is 0. The number of sulfonamides is 1. The van der Waals surface area contributed by atoms with Crippen LogP contribution >= 0.6 is 0 Å². The minimum atomic E-state index is -2.88. The van der Waals surface area contributed by atoms with Crippen LogP contribution in [0.1, 0.15) is 13.3 Å². The van der Waals surface area contributed by atoms with E-state index in [0.717, 1.165) is 19.5 Å². The van der Waals surface area contributed by atoms with Gasteiger partial charge in [0.1, 0.15) is 0 Å². The summed E-state index contributed by atoms with van der Waals surface area (Å²) in [5.41, 5.74) is 0. The molecule has 0 spiro atoms. The molecule has 0 amide bonds. The molecule has 10 heavy (non-hydrogen) atoms. The van der Waals surface area contributed by atoms with Gasteiger partial charge in [0.05, 0.1) is 6.26 Å². The van der Waals surface area contributed by atoms with Crippen molar-refractivity contribution < 1.29 is 8.42 Å². The lowest BCUT2D eigenvalue weighted by Gasteiger charge is -2.36. The van der Waals surface area contributed by atoms with Gasteiger partial charge < -0.3 is 0 Å². The Bertz CT molecular complexity index is 204. The molecule has 0 aromatic heterocycles. The quantitative estimate of drug-likeness (QED) is 0.586. The molecule has 0 unspecified atom stereocenters. The highest BCUT2D eigenvalue weighted by atomic mass is 32.2. The minimum Gasteiger partial charge on any atom is -0.213 e. The Labute approximate surface area is 62.1 Å². The highest BCUT2D eigenvalue weighted by molar-refractivity contribution is 7.88. The van der Waals surface area contributed by atoms with Crippen LogP contribution in [-0.4, -0.2) is 32.1 Å². The van der Waals surface area contributed by atoms with Gasteiger partial charge in [-0.05, 0) is 5.92 Å². The van der Waals surface area contributed by atoms with Gasteiger partial charge in [0.25, 0.3) is 0 Å². The van der Waals surface area contributed by atoms with E-state index >= 15 is 0 Å². The second kappa shape index (κ2) is 2.51. The molecule has 0 aromatic rings. The van der Waals surface area contributed by atoms with E-state index in [-0.39, 0.29) is 0 Å². The number of hydrogen-bond acceptors (Lipinski definition) is 2. The Morgan fingerprint density at radius 3 is 2.30 bits per heavy atom. The lowest BCUT2D eigenvalue weighted by Crippen LogP contribution is -2.48. The summed E-state index contributed by atoms with van der Waals surface area (Å²) < 4.78 is 23.1. The number of rotatable bonds is 2. The van der Waals surface area contributed by atoms with E-state index in [1.54, 1.807) is 0 Å². The predicted molar refractivity (Wildman–Crippen MR) is 40.2 cm³/mol. The summed E-state index contributed by atoms with van der Waals surface area (Å²) in [5, 5.41) is 0. The monoisotopic (exact) mass is 163 g/mol. The first-order valence-corrected chi connectivity index (χ1v) is 5.34. The van der Waals surface area contributed by atoms with Crippen molar-refractivity contribution in [1.82, 2.24) is 4.31 Å². The second-order valence-electron chi connectivity index (χ2n) is 2.85. The summed E-state index contributed by atoms with van der Waals surface area (Å²) in [7, 11) is -2.88. The molecule has 60 valence electrons. The fourth-order valence-electron chi connectivity index (χ4n) is 1.05. The van der Waals surface area contributed by atoms with E-state index in [0.29, 0.717) is 5.92 Å². The highest BCUT2D eigenvalue weighted by Crippen LogP contribution is 2.20. The van der Waals surface area contributed by atoms with Crippen molar-refractivity contribution in [2.75, 3.05) is 19.3 Å². The van der Waals surface area contributed by atoms with Gasteiger partial charge in [0, 0.05) is 13.1 Å². The molecule has 0 bridgehead atoms. The first-order valence-electron chi connectivity index (χ1n) is 3.49. The van der Waals surface area contributed by atoms with E-state index in [9.17, 15) is 8.42 Å². The van der Waals surface area contributed by atoms with Crippen LogP contribution < -0.4 is 0 Å². The van der Waals surface area contributed by atoms with Crippen molar-refractivity contribution in [2.24, 2.45) is 5.92 Å². The minimum absolute atomic E-state index is 0.606. The van der Waals surface area contributed by atoms with Gasteiger partial charge in [-0.25, -0.2) is 12.7 Å². The van der Waals surface area contributed by atoms with Gasteiger partial charge in [-0.1, -0.05) is 13.3 Å². The average Bonchev–Trinajstić information content (AvgIpc) is 1.57. The maximum atomic E-state index is 10.8. The summed E-state index contributed by atoms with van der Waals surface area (Å²) in [6.45, 7) is 3.55. The Kier molecular flexibility index (Phi) is 2.01. The zero-order valence-electron chi connectivity index (χ0n) is 6.37. The predicted octanol–water partition coefficient (Wildman–Crippen LogP) is 0.288. The van der Waals surface area contributed by atoms with Crippen LogP contribution in [0.15, 0.2) is 0 Å². The Morgan fingerprint density at radius 2 is 2.00 bits per heavy atom. The van der Waals surface area contributed by atoms with Crippen molar-refractivity contribution in [2.45, 2.75) is 13.3 Å². The number of nitrogens with zero attached hydrogens (tertiary/aromatic N) is 1. The Balaban J connectivity index is 2.41. The third-order valence-corrected chi connectivity index (χ3v) is 3.21. The standard InChI is InChI=1S/C6H13NO2S/c1-3-6-4-7(5-6)10(2,8)9/h6H,3-5H2,1-2H3. The van der Waals surface area contributed by atoms with Gasteiger partial charge in [0.15, 0.2) is 0 Å². The lowest BCUT2D eigenvalue weighted by atomic mass is 10.0. The van der Waals surface area contributed by atoms with Crippen LogP contribution in [0.3, 0.4) is 0 Å². The smallest absolute Gasteiger partial charge is 0.211 e. The summed E-state index contributed by atoms with van der Waals surface area (Å²) in [4.78, 5) is 0. The Morgan fingerprint density at radius 1 is 1.50 bits per heavy atom. The molecule has 3 nitrogen and oxygen atoms in total. The molecule has 0 aromatic carbocycles. The Hall–Kier alpha value is -0.0900. The van der Waals surface area contributed by atoms with Crippen molar-refractivity contribution >= 4 is 10.0 Å². The SMILES string of the molecule is CCC1CN(S(C)(=O)=O)C1.